The monoisotopic (exact) mass is 428 g/mol. The topological polar surface area (TPSA) is 44.1 Å². The SMILES string of the molecule is CC(C)(C)OC(=O)n1c(-c2cccc(C(C)(C)C)c2)nc2ccc(Br)cc21. The molecule has 0 aliphatic carbocycles. The van der Waals surface area contributed by atoms with Gasteiger partial charge in [-0.25, -0.2) is 14.3 Å². The van der Waals surface area contributed by atoms with E-state index >= 15 is 0 Å². The summed E-state index contributed by atoms with van der Waals surface area (Å²) in [5.41, 5.74) is 2.95. The van der Waals surface area contributed by atoms with Crippen molar-refractivity contribution in [1.29, 1.82) is 0 Å². The lowest BCUT2D eigenvalue weighted by Crippen LogP contribution is -2.27. The first kappa shape index (κ1) is 19.6. The molecule has 0 aliphatic heterocycles. The van der Waals surface area contributed by atoms with Crippen molar-refractivity contribution < 1.29 is 9.53 Å². The number of ether oxygens (including phenoxy) is 1. The molecule has 1 heterocycles. The van der Waals surface area contributed by atoms with E-state index in [1.807, 2.05) is 51.1 Å². The Bertz CT molecular complexity index is 1010. The van der Waals surface area contributed by atoms with E-state index in [-0.39, 0.29) is 5.41 Å². The molecule has 0 amide bonds. The predicted molar refractivity (Wildman–Crippen MR) is 113 cm³/mol. The second-order valence-corrected chi connectivity index (χ2v) is 9.63. The normalized spacial score (nSPS) is 12.4. The summed E-state index contributed by atoms with van der Waals surface area (Å²) in [6.07, 6.45) is -0.431. The molecule has 4 nitrogen and oxygen atoms in total. The molecule has 3 rings (SSSR count). The van der Waals surface area contributed by atoms with Crippen LogP contribution in [0.4, 0.5) is 4.79 Å². The first-order chi connectivity index (χ1) is 12.5. The van der Waals surface area contributed by atoms with Crippen molar-refractivity contribution in [1.82, 2.24) is 9.55 Å². The van der Waals surface area contributed by atoms with Gasteiger partial charge in [0.05, 0.1) is 11.0 Å². The molecule has 142 valence electrons. The highest BCUT2D eigenvalue weighted by Crippen LogP contribution is 2.31. The van der Waals surface area contributed by atoms with Crippen LogP contribution in [0.3, 0.4) is 0 Å². The highest BCUT2D eigenvalue weighted by Gasteiger charge is 2.25. The van der Waals surface area contributed by atoms with Crippen LogP contribution in [-0.2, 0) is 10.2 Å². The molecule has 0 N–H and O–H groups in total. The summed E-state index contributed by atoms with van der Waals surface area (Å²) in [6, 6.07) is 13.9. The molecule has 0 saturated carbocycles. The van der Waals surface area contributed by atoms with Gasteiger partial charge in [0.15, 0.2) is 5.82 Å². The Morgan fingerprint density at radius 1 is 1.04 bits per heavy atom. The Morgan fingerprint density at radius 3 is 2.37 bits per heavy atom. The first-order valence-electron chi connectivity index (χ1n) is 8.98. The summed E-state index contributed by atoms with van der Waals surface area (Å²) in [4.78, 5) is 17.7. The lowest BCUT2D eigenvalue weighted by Gasteiger charge is -2.21. The summed E-state index contributed by atoms with van der Waals surface area (Å²) in [5, 5.41) is 0. The minimum absolute atomic E-state index is 0.00179. The standard InChI is InChI=1S/C22H25BrN2O2/c1-21(2,3)15-9-7-8-14(12-15)19-24-17-11-10-16(23)13-18(17)25(19)20(26)27-22(4,5)6/h7-13H,1-6H3. The third-order valence-electron chi connectivity index (χ3n) is 4.18. The number of rotatable bonds is 1. The summed E-state index contributed by atoms with van der Waals surface area (Å²) < 4.78 is 8.11. The van der Waals surface area contributed by atoms with Gasteiger partial charge in [0.1, 0.15) is 5.60 Å². The molecule has 27 heavy (non-hydrogen) atoms. The average Bonchev–Trinajstić information content (AvgIpc) is 2.91. The zero-order chi connectivity index (χ0) is 20.0. The van der Waals surface area contributed by atoms with Gasteiger partial charge in [-0.15, -0.1) is 0 Å². The van der Waals surface area contributed by atoms with Gasteiger partial charge in [0.2, 0.25) is 0 Å². The Morgan fingerprint density at radius 2 is 1.74 bits per heavy atom. The van der Waals surface area contributed by atoms with Crippen LogP contribution in [0.25, 0.3) is 22.4 Å². The molecular weight excluding hydrogens is 404 g/mol. The highest BCUT2D eigenvalue weighted by molar-refractivity contribution is 9.10. The number of imidazole rings is 1. The summed E-state index contributed by atoms with van der Waals surface area (Å²) in [6.45, 7) is 12.1. The summed E-state index contributed by atoms with van der Waals surface area (Å²) in [7, 11) is 0. The van der Waals surface area contributed by atoms with E-state index in [1.165, 1.54) is 5.56 Å². The van der Waals surface area contributed by atoms with Gasteiger partial charge >= 0.3 is 6.09 Å². The largest absolute Gasteiger partial charge is 0.443 e. The van der Waals surface area contributed by atoms with Crippen LogP contribution in [-0.4, -0.2) is 21.2 Å². The second-order valence-electron chi connectivity index (χ2n) is 8.72. The zero-order valence-corrected chi connectivity index (χ0v) is 18.2. The molecule has 0 aliphatic rings. The van der Waals surface area contributed by atoms with Gasteiger partial charge in [0.25, 0.3) is 0 Å². The van der Waals surface area contributed by atoms with Gasteiger partial charge in [0, 0.05) is 10.0 Å². The van der Waals surface area contributed by atoms with Crippen LogP contribution in [0.2, 0.25) is 0 Å². The highest BCUT2D eigenvalue weighted by atomic mass is 79.9. The third kappa shape index (κ3) is 4.24. The number of carbonyl (C=O) groups excluding carboxylic acids is 1. The molecule has 3 aromatic rings. The van der Waals surface area contributed by atoms with E-state index in [0.29, 0.717) is 5.82 Å². The Kier molecular flexibility index (Phi) is 4.93. The molecule has 0 radical (unpaired) electrons. The second kappa shape index (κ2) is 6.79. The van der Waals surface area contributed by atoms with Crippen molar-refractivity contribution in [2.45, 2.75) is 52.6 Å². The van der Waals surface area contributed by atoms with Crippen molar-refractivity contribution in [3.63, 3.8) is 0 Å². The van der Waals surface area contributed by atoms with Crippen molar-refractivity contribution >= 4 is 33.1 Å². The summed E-state index contributed by atoms with van der Waals surface area (Å²) >= 11 is 3.49. The van der Waals surface area contributed by atoms with E-state index < -0.39 is 11.7 Å². The summed E-state index contributed by atoms with van der Waals surface area (Å²) in [5.74, 6) is 0.587. The van der Waals surface area contributed by atoms with Crippen molar-refractivity contribution in [3.8, 4) is 11.4 Å². The molecule has 0 spiro atoms. The number of nitrogens with zero attached hydrogens (tertiary/aromatic N) is 2. The maximum Gasteiger partial charge on any atom is 0.420 e. The van der Waals surface area contributed by atoms with E-state index in [1.54, 1.807) is 4.57 Å². The van der Waals surface area contributed by atoms with E-state index in [0.717, 1.165) is 21.1 Å². The third-order valence-corrected chi connectivity index (χ3v) is 4.67. The van der Waals surface area contributed by atoms with E-state index in [9.17, 15) is 4.79 Å². The predicted octanol–water partition coefficient (Wildman–Crippen LogP) is 6.55. The quantitative estimate of drug-likeness (QED) is 0.441. The number of carbonyl (C=O) groups is 1. The zero-order valence-electron chi connectivity index (χ0n) is 16.6. The maximum absolute atomic E-state index is 13.0. The van der Waals surface area contributed by atoms with E-state index in [4.69, 9.17) is 9.72 Å². The minimum Gasteiger partial charge on any atom is -0.443 e. The number of fused-ring (bicyclic) bond motifs is 1. The van der Waals surface area contributed by atoms with Gasteiger partial charge < -0.3 is 4.74 Å². The Balaban J connectivity index is 2.24. The van der Waals surface area contributed by atoms with Crippen LogP contribution in [0, 0.1) is 0 Å². The molecule has 2 aromatic carbocycles. The Labute approximate surface area is 168 Å². The molecule has 0 atom stereocenters. The fraction of sp³-hybridized carbons (Fsp3) is 0.364. The number of halogens is 1. The molecule has 0 bridgehead atoms. The Hall–Kier alpha value is -2.14. The van der Waals surface area contributed by atoms with Gasteiger partial charge in [-0.3, -0.25) is 0 Å². The van der Waals surface area contributed by atoms with Crippen LogP contribution >= 0.6 is 15.9 Å². The maximum atomic E-state index is 13.0. The fourth-order valence-corrected chi connectivity index (χ4v) is 3.21. The van der Waals surface area contributed by atoms with Crippen molar-refractivity contribution in [3.05, 3.63) is 52.5 Å². The minimum atomic E-state index is -0.593. The van der Waals surface area contributed by atoms with Crippen LogP contribution in [0.5, 0.6) is 0 Å². The van der Waals surface area contributed by atoms with Crippen molar-refractivity contribution in [2.75, 3.05) is 0 Å². The molecular formula is C22H25BrN2O2. The fourth-order valence-electron chi connectivity index (χ4n) is 2.86. The molecule has 0 unspecified atom stereocenters. The number of hydrogen-bond donors (Lipinski definition) is 0. The van der Waals surface area contributed by atoms with Gasteiger partial charge in [-0.2, -0.15) is 0 Å². The molecule has 5 heteroatoms. The molecule has 1 aromatic heterocycles. The van der Waals surface area contributed by atoms with E-state index in [2.05, 4.69) is 48.8 Å². The van der Waals surface area contributed by atoms with Gasteiger partial charge in [-0.05, 0) is 56.0 Å². The average molecular weight is 429 g/mol. The van der Waals surface area contributed by atoms with Crippen LogP contribution in [0.15, 0.2) is 46.9 Å². The number of benzene rings is 2. The van der Waals surface area contributed by atoms with Crippen molar-refractivity contribution in [2.24, 2.45) is 0 Å². The van der Waals surface area contributed by atoms with Gasteiger partial charge in [-0.1, -0.05) is 54.9 Å². The molecule has 0 fully saturated rings. The lowest BCUT2D eigenvalue weighted by atomic mass is 9.86. The lowest BCUT2D eigenvalue weighted by molar-refractivity contribution is 0.0546. The smallest absolute Gasteiger partial charge is 0.420 e. The first-order valence-corrected chi connectivity index (χ1v) is 9.77. The van der Waals surface area contributed by atoms with Crippen LogP contribution < -0.4 is 0 Å². The number of aromatic nitrogens is 2. The molecule has 0 saturated heterocycles. The number of hydrogen-bond acceptors (Lipinski definition) is 3. The van der Waals surface area contributed by atoms with Crippen LogP contribution in [0.1, 0.15) is 47.1 Å².